The van der Waals surface area contributed by atoms with Gasteiger partial charge < -0.3 is 10.2 Å². The van der Waals surface area contributed by atoms with Gasteiger partial charge in [-0.2, -0.15) is 0 Å². The summed E-state index contributed by atoms with van der Waals surface area (Å²) < 4.78 is 0.798. The quantitative estimate of drug-likeness (QED) is 0.161. The van der Waals surface area contributed by atoms with E-state index in [-0.39, 0.29) is 17.0 Å². The molecule has 9 heteroatoms. The Morgan fingerprint density at radius 2 is 1.62 bits per heavy atom. The van der Waals surface area contributed by atoms with Crippen LogP contribution < -0.4 is 10.2 Å². The molecule has 3 aliphatic rings. The number of carbonyl (C=O) groups is 3. The van der Waals surface area contributed by atoms with Crippen LogP contribution >= 0.6 is 15.9 Å². The van der Waals surface area contributed by atoms with Gasteiger partial charge in [0.25, 0.3) is 5.69 Å². The minimum Gasteiger partial charge on any atom is -0.352 e. The molecule has 206 valence electrons. The number of non-ortho nitro benzene ring substituents is 1. The lowest BCUT2D eigenvalue weighted by molar-refractivity contribution is -0.384. The van der Waals surface area contributed by atoms with Gasteiger partial charge in [-0.15, -0.1) is 0 Å². The summed E-state index contributed by atoms with van der Waals surface area (Å²) >= 11 is 3.43. The summed E-state index contributed by atoms with van der Waals surface area (Å²) in [5.41, 5.74) is 1.31. The first-order valence-electron chi connectivity index (χ1n) is 13.4. The average Bonchev–Trinajstić information content (AvgIpc) is 3.48. The zero-order chi connectivity index (χ0) is 29.2. The minimum atomic E-state index is -1.63. The maximum atomic E-state index is 14.7. The van der Waals surface area contributed by atoms with Gasteiger partial charge in [-0.25, -0.2) is 0 Å². The maximum absolute atomic E-state index is 14.7. The molecule has 4 aromatic carbocycles. The first kappa shape index (κ1) is 26.0. The molecular formula is C33H22BrN3O5. The van der Waals surface area contributed by atoms with Crippen molar-refractivity contribution in [3.05, 3.63) is 140 Å². The largest absolute Gasteiger partial charge is 0.352 e. The number of para-hydroxylation sites is 2. The van der Waals surface area contributed by atoms with Crippen molar-refractivity contribution in [3.8, 4) is 0 Å². The monoisotopic (exact) mass is 619 g/mol. The number of nitrogens with zero attached hydrogens (tertiary/aromatic N) is 2. The van der Waals surface area contributed by atoms with Crippen LogP contribution in [0, 0.1) is 16.0 Å². The number of nitrogens with one attached hydrogen (secondary N) is 1. The van der Waals surface area contributed by atoms with Gasteiger partial charge in [0.15, 0.2) is 11.6 Å². The summed E-state index contributed by atoms with van der Waals surface area (Å²) in [5, 5.41) is 14.6. The van der Waals surface area contributed by atoms with Gasteiger partial charge in [0.1, 0.15) is 11.5 Å². The number of nitro benzene ring substituents is 1. The topological polar surface area (TPSA) is 110 Å². The van der Waals surface area contributed by atoms with E-state index >= 15 is 0 Å². The second kappa shape index (κ2) is 9.60. The number of hydrogen-bond acceptors (Lipinski definition) is 6. The number of fused-ring (bicyclic) bond motifs is 5. The minimum absolute atomic E-state index is 0.106. The third kappa shape index (κ3) is 3.63. The first-order valence-corrected chi connectivity index (χ1v) is 14.2. The normalized spacial score (nSPS) is 23.2. The number of anilines is 2. The highest BCUT2D eigenvalue weighted by Crippen LogP contribution is 2.58. The lowest BCUT2D eigenvalue weighted by Gasteiger charge is -2.37. The molecule has 0 aliphatic carbocycles. The van der Waals surface area contributed by atoms with E-state index in [0.717, 1.165) is 15.7 Å². The van der Waals surface area contributed by atoms with Crippen molar-refractivity contribution in [1.29, 1.82) is 0 Å². The first-order chi connectivity index (χ1) is 20.3. The molecule has 3 aliphatic heterocycles. The number of nitro groups is 1. The van der Waals surface area contributed by atoms with Crippen molar-refractivity contribution in [2.24, 2.45) is 5.92 Å². The summed E-state index contributed by atoms with van der Waals surface area (Å²) in [6.45, 7) is 0. The van der Waals surface area contributed by atoms with Crippen molar-refractivity contribution in [2.75, 3.05) is 10.2 Å². The number of benzene rings is 4. The fourth-order valence-corrected chi connectivity index (χ4v) is 7.13. The molecule has 4 aromatic rings. The van der Waals surface area contributed by atoms with Gasteiger partial charge >= 0.3 is 0 Å². The Morgan fingerprint density at radius 3 is 2.40 bits per heavy atom. The van der Waals surface area contributed by atoms with Gasteiger partial charge in [0.05, 0.1) is 16.9 Å². The molecule has 1 saturated heterocycles. The molecule has 1 amide bonds. The van der Waals surface area contributed by atoms with Crippen LogP contribution in [0.25, 0.3) is 6.08 Å². The highest BCUT2D eigenvalue weighted by Gasteiger charge is 2.71. The SMILES string of the molecule is O=C(c1cccc([N+](=O)[O-])c1)C1C2C=Cc3ccccc3N2C(C(=O)c2ccc(Br)cc2)C12C(=O)Nc1ccccc12. The highest BCUT2D eigenvalue weighted by atomic mass is 79.9. The zero-order valence-corrected chi connectivity index (χ0v) is 23.5. The van der Waals surface area contributed by atoms with Crippen LogP contribution in [0.5, 0.6) is 0 Å². The molecule has 8 nitrogen and oxygen atoms in total. The molecule has 0 bridgehead atoms. The summed E-state index contributed by atoms with van der Waals surface area (Å²) in [6.07, 6.45) is 3.77. The van der Waals surface area contributed by atoms with E-state index in [1.807, 2.05) is 41.3 Å². The van der Waals surface area contributed by atoms with Crippen molar-refractivity contribution >= 4 is 56.5 Å². The van der Waals surface area contributed by atoms with Gasteiger partial charge in [-0.05, 0) is 35.4 Å². The Balaban J connectivity index is 1.53. The number of amides is 1. The van der Waals surface area contributed by atoms with E-state index in [4.69, 9.17) is 0 Å². The van der Waals surface area contributed by atoms with Crippen molar-refractivity contribution in [1.82, 2.24) is 0 Å². The van der Waals surface area contributed by atoms with Gasteiger partial charge in [0, 0.05) is 39.1 Å². The Bertz CT molecular complexity index is 1850. The van der Waals surface area contributed by atoms with Crippen molar-refractivity contribution < 1.29 is 19.3 Å². The molecule has 1 fully saturated rings. The average molecular weight is 620 g/mol. The Labute approximate surface area is 248 Å². The Kier molecular flexibility index (Phi) is 5.95. The van der Waals surface area contributed by atoms with Crippen LogP contribution in [0.1, 0.15) is 31.8 Å². The summed E-state index contributed by atoms with van der Waals surface area (Å²) in [5.74, 6) is -2.28. The molecule has 4 unspecified atom stereocenters. The van der Waals surface area contributed by atoms with Gasteiger partial charge in [0.2, 0.25) is 5.91 Å². The summed E-state index contributed by atoms with van der Waals surface area (Å²) in [7, 11) is 0. The number of halogens is 1. The molecule has 1 N–H and O–H groups in total. The van der Waals surface area contributed by atoms with Gasteiger partial charge in [-0.3, -0.25) is 24.5 Å². The van der Waals surface area contributed by atoms with E-state index in [2.05, 4.69) is 21.2 Å². The highest BCUT2D eigenvalue weighted by molar-refractivity contribution is 9.10. The molecule has 42 heavy (non-hydrogen) atoms. The zero-order valence-electron chi connectivity index (χ0n) is 21.9. The van der Waals surface area contributed by atoms with E-state index in [0.29, 0.717) is 16.8 Å². The predicted octanol–water partition coefficient (Wildman–Crippen LogP) is 6.21. The van der Waals surface area contributed by atoms with Crippen LogP contribution in [0.2, 0.25) is 0 Å². The van der Waals surface area contributed by atoms with Crippen LogP contribution in [-0.2, 0) is 10.2 Å². The van der Waals surface area contributed by atoms with Crippen LogP contribution in [0.15, 0.2) is 108 Å². The van der Waals surface area contributed by atoms with Crippen LogP contribution in [0.4, 0.5) is 17.1 Å². The Morgan fingerprint density at radius 1 is 0.881 bits per heavy atom. The number of hydrogen-bond donors (Lipinski definition) is 1. The fraction of sp³-hybridized carbons (Fsp3) is 0.121. The number of carbonyl (C=O) groups excluding carboxylic acids is 3. The molecule has 4 atom stereocenters. The molecule has 0 saturated carbocycles. The van der Waals surface area contributed by atoms with E-state index < -0.39 is 40.0 Å². The second-order valence-electron chi connectivity index (χ2n) is 10.6. The predicted molar refractivity (Wildman–Crippen MR) is 162 cm³/mol. The molecule has 3 heterocycles. The lowest BCUT2D eigenvalue weighted by atomic mass is 9.63. The third-order valence-electron chi connectivity index (χ3n) is 8.55. The fourth-order valence-electron chi connectivity index (χ4n) is 6.86. The third-order valence-corrected chi connectivity index (χ3v) is 9.08. The second-order valence-corrected chi connectivity index (χ2v) is 11.5. The van der Waals surface area contributed by atoms with E-state index in [1.54, 1.807) is 48.5 Å². The summed E-state index contributed by atoms with van der Waals surface area (Å²) in [4.78, 5) is 56.8. The summed E-state index contributed by atoms with van der Waals surface area (Å²) in [6, 6.07) is 25.4. The number of Topliss-reactive ketones (excluding diaryl/α,β-unsaturated/α-hetero) is 2. The molecule has 7 rings (SSSR count). The number of rotatable bonds is 5. The van der Waals surface area contributed by atoms with E-state index in [9.17, 15) is 24.5 Å². The molecule has 1 spiro atoms. The molecular weight excluding hydrogens is 598 g/mol. The maximum Gasteiger partial charge on any atom is 0.270 e. The smallest absolute Gasteiger partial charge is 0.270 e. The van der Waals surface area contributed by atoms with Gasteiger partial charge in [-0.1, -0.05) is 88.7 Å². The van der Waals surface area contributed by atoms with Crippen LogP contribution in [-0.4, -0.2) is 34.5 Å². The molecule has 0 radical (unpaired) electrons. The van der Waals surface area contributed by atoms with E-state index in [1.165, 1.54) is 24.3 Å². The molecule has 0 aromatic heterocycles. The lowest BCUT2D eigenvalue weighted by Crippen LogP contribution is -2.55. The van der Waals surface area contributed by atoms with Crippen LogP contribution in [0.3, 0.4) is 0 Å². The van der Waals surface area contributed by atoms with Crippen molar-refractivity contribution in [2.45, 2.75) is 17.5 Å². The standard InChI is InChI=1S/C33H22BrN3O5/c34-22-15-12-20(13-16-22)30(39)31-33(24-9-2-3-10-25(24)35-32(33)40)28(29(38)21-7-5-8-23(18-21)37(41)42)27-17-14-19-6-1-4-11-26(19)36(27)31/h1-18,27-28,31H,(H,35,40). The number of ketones is 2. The van der Waals surface area contributed by atoms with Crippen molar-refractivity contribution in [3.63, 3.8) is 0 Å². The Hall–Kier alpha value is -4.89.